The predicted octanol–water partition coefficient (Wildman–Crippen LogP) is 1.97. The average molecular weight is 240 g/mol. The van der Waals surface area contributed by atoms with Gasteiger partial charge in [0.2, 0.25) is 0 Å². The summed E-state index contributed by atoms with van der Waals surface area (Å²) in [5.41, 5.74) is -0.616. The summed E-state index contributed by atoms with van der Waals surface area (Å²) in [6.07, 6.45) is 6.89. The Morgan fingerprint density at radius 3 is 2.76 bits per heavy atom. The van der Waals surface area contributed by atoms with Crippen LogP contribution in [0.25, 0.3) is 0 Å². The molecule has 4 atom stereocenters. The van der Waals surface area contributed by atoms with Gasteiger partial charge in [-0.2, -0.15) is 0 Å². The van der Waals surface area contributed by atoms with Crippen LogP contribution in [-0.2, 0) is 14.3 Å². The van der Waals surface area contributed by atoms with Crippen molar-refractivity contribution >= 4 is 5.97 Å². The Morgan fingerprint density at radius 2 is 2.24 bits per heavy atom. The second kappa shape index (κ2) is 4.25. The molecule has 0 spiro atoms. The van der Waals surface area contributed by atoms with Crippen molar-refractivity contribution in [3.05, 3.63) is 0 Å². The number of hydrogen-bond donors (Lipinski definition) is 1. The summed E-state index contributed by atoms with van der Waals surface area (Å²) in [5.74, 6) is -0.664. The molecule has 4 nitrogen and oxygen atoms in total. The predicted molar refractivity (Wildman–Crippen MR) is 60.8 cm³/mol. The summed E-state index contributed by atoms with van der Waals surface area (Å²) in [4.78, 5) is 11.6. The van der Waals surface area contributed by atoms with Gasteiger partial charge in [-0.15, -0.1) is 0 Å². The van der Waals surface area contributed by atoms with E-state index in [1.165, 1.54) is 0 Å². The molecule has 96 valence electrons. The molecule has 4 heteroatoms. The first-order valence-corrected chi connectivity index (χ1v) is 6.71. The van der Waals surface area contributed by atoms with Gasteiger partial charge in [-0.25, -0.2) is 0 Å². The molecule has 3 fully saturated rings. The SMILES string of the molecule is O=C(O)C1(CCC2CCCO2)CC2CCC1O2. The van der Waals surface area contributed by atoms with E-state index in [-0.39, 0.29) is 18.3 Å². The largest absolute Gasteiger partial charge is 0.481 e. The molecule has 3 heterocycles. The third-order valence-electron chi connectivity index (χ3n) is 4.68. The Labute approximate surface area is 101 Å². The number of carboxylic acid groups (broad SMARTS) is 1. The van der Waals surface area contributed by atoms with Crippen molar-refractivity contribution in [3.8, 4) is 0 Å². The zero-order valence-electron chi connectivity index (χ0n) is 10.1. The molecule has 0 aromatic rings. The smallest absolute Gasteiger partial charge is 0.312 e. The van der Waals surface area contributed by atoms with Gasteiger partial charge in [0.15, 0.2) is 0 Å². The topological polar surface area (TPSA) is 55.8 Å². The zero-order chi connectivity index (χ0) is 11.9. The quantitative estimate of drug-likeness (QED) is 0.816. The third kappa shape index (κ3) is 1.87. The molecule has 2 bridgehead atoms. The fraction of sp³-hybridized carbons (Fsp3) is 0.923. The Kier molecular flexibility index (Phi) is 2.87. The van der Waals surface area contributed by atoms with E-state index in [1.807, 2.05) is 0 Å². The number of fused-ring (bicyclic) bond motifs is 2. The van der Waals surface area contributed by atoms with Gasteiger partial charge in [0.25, 0.3) is 0 Å². The Morgan fingerprint density at radius 1 is 1.35 bits per heavy atom. The minimum atomic E-state index is -0.664. The monoisotopic (exact) mass is 240 g/mol. The number of carbonyl (C=O) groups is 1. The maximum Gasteiger partial charge on any atom is 0.312 e. The summed E-state index contributed by atoms with van der Waals surface area (Å²) in [6.45, 7) is 0.841. The number of ether oxygens (including phenoxy) is 2. The molecule has 0 saturated carbocycles. The van der Waals surface area contributed by atoms with Crippen molar-refractivity contribution in [2.75, 3.05) is 6.61 Å². The molecule has 0 radical (unpaired) electrons. The number of hydrogen-bond acceptors (Lipinski definition) is 3. The standard InChI is InChI=1S/C13H20O4/c14-12(15)13(6-5-9-2-1-7-16-9)8-10-3-4-11(13)17-10/h9-11H,1-8H2,(H,14,15). The molecule has 3 rings (SSSR count). The zero-order valence-corrected chi connectivity index (χ0v) is 10.1. The summed E-state index contributed by atoms with van der Waals surface area (Å²) in [5, 5.41) is 9.54. The summed E-state index contributed by atoms with van der Waals surface area (Å²) >= 11 is 0. The van der Waals surface area contributed by atoms with E-state index in [1.54, 1.807) is 0 Å². The van der Waals surface area contributed by atoms with Crippen LogP contribution in [0.1, 0.15) is 44.9 Å². The van der Waals surface area contributed by atoms with E-state index in [0.29, 0.717) is 12.8 Å². The van der Waals surface area contributed by atoms with Gasteiger partial charge in [0, 0.05) is 6.61 Å². The van der Waals surface area contributed by atoms with Crippen LogP contribution in [0.5, 0.6) is 0 Å². The van der Waals surface area contributed by atoms with Gasteiger partial charge < -0.3 is 14.6 Å². The maximum absolute atomic E-state index is 11.6. The van der Waals surface area contributed by atoms with E-state index in [9.17, 15) is 9.90 Å². The Bertz CT molecular complexity index is 311. The van der Waals surface area contributed by atoms with Crippen molar-refractivity contribution in [1.82, 2.24) is 0 Å². The van der Waals surface area contributed by atoms with E-state index in [4.69, 9.17) is 9.47 Å². The molecule has 0 aliphatic carbocycles. The maximum atomic E-state index is 11.6. The molecule has 3 aliphatic rings. The minimum Gasteiger partial charge on any atom is -0.481 e. The molecular formula is C13H20O4. The minimum absolute atomic E-state index is 0.0496. The average Bonchev–Trinajstić information content (AvgIpc) is 3.02. The second-order valence-corrected chi connectivity index (χ2v) is 5.66. The highest BCUT2D eigenvalue weighted by atomic mass is 16.5. The van der Waals surface area contributed by atoms with Gasteiger partial charge in [-0.1, -0.05) is 0 Å². The molecule has 3 saturated heterocycles. The van der Waals surface area contributed by atoms with Crippen LogP contribution < -0.4 is 0 Å². The summed E-state index contributed by atoms with van der Waals surface area (Å²) in [6, 6.07) is 0. The molecule has 3 aliphatic heterocycles. The van der Waals surface area contributed by atoms with E-state index in [2.05, 4.69) is 0 Å². The van der Waals surface area contributed by atoms with Crippen LogP contribution in [-0.4, -0.2) is 36.0 Å². The fourth-order valence-electron chi connectivity index (χ4n) is 3.69. The second-order valence-electron chi connectivity index (χ2n) is 5.66. The van der Waals surface area contributed by atoms with E-state index in [0.717, 1.165) is 38.7 Å². The lowest BCUT2D eigenvalue weighted by molar-refractivity contribution is -0.153. The van der Waals surface area contributed by atoms with Crippen LogP contribution in [0, 0.1) is 5.41 Å². The van der Waals surface area contributed by atoms with E-state index >= 15 is 0 Å². The van der Waals surface area contributed by atoms with Crippen molar-refractivity contribution in [2.45, 2.75) is 63.3 Å². The van der Waals surface area contributed by atoms with Crippen molar-refractivity contribution in [2.24, 2.45) is 5.41 Å². The van der Waals surface area contributed by atoms with Crippen LogP contribution >= 0.6 is 0 Å². The lowest BCUT2D eigenvalue weighted by atomic mass is 9.70. The van der Waals surface area contributed by atoms with Gasteiger partial charge in [-0.05, 0) is 44.9 Å². The molecule has 1 N–H and O–H groups in total. The number of aliphatic carboxylic acids is 1. The molecule has 17 heavy (non-hydrogen) atoms. The lowest BCUT2D eigenvalue weighted by Crippen LogP contribution is -2.40. The van der Waals surface area contributed by atoms with Crippen molar-refractivity contribution < 1.29 is 19.4 Å². The van der Waals surface area contributed by atoms with Crippen LogP contribution in [0.3, 0.4) is 0 Å². The highest BCUT2D eigenvalue weighted by Crippen LogP contribution is 2.51. The van der Waals surface area contributed by atoms with Gasteiger partial charge in [-0.3, -0.25) is 4.79 Å². The molecule has 0 aromatic carbocycles. The molecule has 0 aromatic heterocycles. The van der Waals surface area contributed by atoms with Crippen LogP contribution in [0.4, 0.5) is 0 Å². The normalized spacial score (nSPS) is 44.4. The van der Waals surface area contributed by atoms with Crippen molar-refractivity contribution in [1.29, 1.82) is 0 Å². The van der Waals surface area contributed by atoms with Gasteiger partial charge in [0.1, 0.15) is 0 Å². The lowest BCUT2D eigenvalue weighted by Gasteiger charge is -2.31. The van der Waals surface area contributed by atoms with Crippen molar-refractivity contribution in [3.63, 3.8) is 0 Å². The first-order chi connectivity index (χ1) is 8.21. The van der Waals surface area contributed by atoms with E-state index < -0.39 is 11.4 Å². The highest BCUT2D eigenvalue weighted by molar-refractivity contribution is 5.76. The number of carboxylic acids is 1. The summed E-state index contributed by atoms with van der Waals surface area (Å²) < 4.78 is 11.3. The van der Waals surface area contributed by atoms with Gasteiger partial charge >= 0.3 is 5.97 Å². The molecule has 0 amide bonds. The van der Waals surface area contributed by atoms with Crippen LogP contribution in [0.2, 0.25) is 0 Å². The van der Waals surface area contributed by atoms with Crippen LogP contribution in [0.15, 0.2) is 0 Å². The first kappa shape index (κ1) is 11.5. The van der Waals surface area contributed by atoms with Gasteiger partial charge in [0.05, 0.1) is 23.7 Å². The number of rotatable bonds is 4. The summed E-state index contributed by atoms with van der Waals surface area (Å²) in [7, 11) is 0. The Hall–Kier alpha value is -0.610. The molecular weight excluding hydrogens is 220 g/mol. The third-order valence-corrected chi connectivity index (χ3v) is 4.68. The Balaban J connectivity index is 1.66. The highest BCUT2D eigenvalue weighted by Gasteiger charge is 2.57. The first-order valence-electron chi connectivity index (χ1n) is 6.71. The fourth-order valence-corrected chi connectivity index (χ4v) is 3.69. The molecule has 4 unspecified atom stereocenters.